The minimum Gasteiger partial charge on any atom is -0.358 e. The molecule has 260 valence electrons. The molecule has 8 rings (SSSR count). The van der Waals surface area contributed by atoms with Crippen LogP contribution in [0, 0.1) is 49.5 Å². The summed E-state index contributed by atoms with van der Waals surface area (Å²) in [4.78, 5) is 0. The van der Waals surface area contributed by atoms with Gasteiger partial charge in [0.15, 0.2) is 0 Å². The third-order valence-electron chi connectivity index (χ3n) is 10.7. The van der Waals surface area contributed by atoms with Crippen LogP contribution in [0.15, 0.2) is 139 Å². The first-order valence-electron chi connectivity index (χ1n) is 17.8. The Kier molecular flexibility index (Phi) is 12.7. The molecule has 1 unspecified atom stereocenters. The molecule has 0 fully saturated rings. The van der Waals surface area contributed by atoms with Crippen molar-refractivity contribution in [3.63, 3.8) is 0 Å². The standard InChI is InChI=1S/C49H42Si.2CH3.Hf/c1-6-15-42-41-27-14-26-40(38-22-8-10-24-44(38)49-33(4)18-12-19-34(49)5)46(41)30-47(42)50-36-28-35-20-13-25-39(45(35)29-36)37-21-7-9-23-43(37)48-31(2)16-11-17-32(48)3;;;/h7-14,16-30,42H,1,6,15H2,2-5H3;2*1H3;/q-2;2*-1;+4. The van der Waals surface area contributed by atoms with Gasteiger partial charge >= 0.3 is 25.8 Å². The third kappa shape index (κ3) is 7.33. The summed E-state index contributed by atoms with van der Waals surface area (Å²) in [6.45, 7) is 13.2. The van der Waals surface area contributed by atoms with Gasteiger partial charge in [0.25, 0.3) is 0 Å². The molecule has 0 aliphatic heterocycles. The number of hydrogen-bond acceptors (Lipinski definition) is 0. The van der Waals surface area contributed by atoms with E-state index in [4.69, 9.17) is 0 Å². The van der Waals surface area contributed by atoms with Gasteiger partial charge in [0.1, 0.15) is 0 Å². The van der Waals surface area contributed by atoms with Crippen LogP contribution in [0.2, 0.25) is 0 Å². The molecule has 0 saturated carbocycles. The van der Waals surface area contributed by atoms with Crippen LogP contribution >= 0.6 is 0 Å². The maximum Gasteiger partial charge on any atom is 4.00 e. The average molecular weight is 868 g/mol. The molecule has 1 aliphatic carbocycles. The summed E-state index contributed by atoms with van der Waals surface area (Å²) in [6.07, 6.45) is 4.50. The van der Waals surface area contributed by atoms with Gasteiger partial charge in [0.05, 0.1) is 9.52 Å². The Morgan fingerprint density at radius 2 is 1.04 bits per heavy atom. The molecule has 0 aromatic heterocycles. The first-order chi connectivity index (χ1) is 24.4. The van der Waals surface area contributed by atoms with E-state index in [2.05, 4.69) is 174 Å². The number of allylic oxidation sites excluding steroid dienone is 1. The van der Waals surface area contributed by atoms with Gasteiger partial charge in [0, 0.05) is 0 Å². The minimum atomic E-state index is 0. The number of fused-ring (bicyclic) bond motifs is 2. The van der Waals surface area contributed by atoms with Gasteiger partial charge in [-0.05, 0) is 106 Å². The molecule has 0 amide bonds. The monoisotopic (exact) mass is 868 g/mol. The average Bonchev–Trinajstić information content (AvgIpc) is 3.69. The Labute approximate surface area is 340 Å². The van der Waals surface area contributed by atoms with Crippen molar-refractivity contribution in [3.8, 4) is 44.5 Å². The van der Waals surface area contributed by atoms with Crippen LogP contribution in [0.4, 0.5) is 0 Å². The molecule has 0 saturated heterocycles. The van der Waals surface area contributed by atoms with Gasteiger partial charge in [-0.1, -0.05) is 132 Å². The van der Waals surface area contributed by atoms with E-state index in [0.717, 1.165) is 12.8 Å². The number of aryl methyl sites for hydroxylation is 4. The fourth-order valence-corrected chi connectivity index (χ4v) is 9.87. The van der Waals surface area contributed by atoms with Gasteiger partial charge in [-0.3, -0.25) is 0 Å². The molecular weight excluding hydrogens is 819 g/mol. The molecule has 53 heavy (non-hydrogen) atoms. The van der Waals surface area contributed by atoms with E-state index in [9.17, 15) is 0 Å². The second-order valence-corrected chi connectivity index (χ2v) is 15.3. The Hall–Kier alpha value is -4.24. The minimum absolute atomic E-state index is 0. The molecule has 2 radical (unpaired) electrons. The van der Waals surface area contributed by atoms with Crippen LogP contribution in [0.1, 0.15) is 52.1 Å². The van der Waals surface area contributed by atoms with E-state index in [1.807, 2.05) is 0 Å². The van der Waals surface area contributed by atoms with E-state index in [0.29, 0.717) is 15.4 Å². The van der Waals surface area contributed by atoms with E-state index in [-0.39, 0.29) is 40.7 Å². The van der Waals surface area contributed by atoms with Gasteiger partial charge in [-0.25, -0.2) is 0 Å². The van der Waals surface area contributed by atoms with Crippen LogP contribution < -0.4 is 5.19 Å². The molecule has 7 aromatic rings. The van der Waals surface area contributed by atoms with Crippen molar-refractivity contribution in [2.75, 3.05) is 0 Å². The molecule has 0 heterocycles. The zero-order valence-electron chi connectivity index (χ0n) is 32.0. The van der Waals surface area contributed by atoms with Crippen molar-refractivity contribution in [2.24, 2.45) is 0 Å². The fraction of sp³-hybridized carbons (Fsp3) is 0.137. The number of benzene rings is 6. The van der Waals surface area contributed by atoms with Crippen molar-refractivity contribution >= 4 is 31.6 Å². The second kappa shape index (κ2) is 16.8. The third-order valence-corrected chi connectivity index (χ3v) is 12.0. The molecule has 0 N–H and O–H groups in total. The molecule has 0 nitrogen and oxygen atoms in total. The van der Waals surface area contributed by atoms with Gasteiger partial charge in [-0.2, -0.15) is 12.5 Å². The summed E-state index contributed by atoms with van der Waals surface area (Å²) in [6, 6.07) is 49.8. The number of rotatable bonds is 8. The van der Waals surface area contributed by atoms with Crippen LogP contribution in [0.5, 0.6) is 0 Å². The molecule has 0 bridgehead atoms. The molecule has 1 atom stereocenters. The van der Waals surface area contributed by atoms with Crippen LogP contribution in [0.3, 0.4) is 0 Å². The summed E-state index contributed by atoms with van der Waals surface area (Å²) in [5.41, 5.74) is 18.6. The summed E-state index contributed by atoms with van der Waals surface area (Å²) in [5.74, 6) is 0.385. The smallest absolute Gasteiger partial charge is 0.358 e. The van der Waals surface area contributed by atoms with Crippen molar-refractivity contribution in [3.05, 3.63) is 194 Å². The topological polar surface area (TPSA) is 0 Å². The molecular formula is C51H48HfSi. The largest absolute Gasteiger partial charge is 4.00 e. The summed E-state index contributed by atoms with van der Waals surface area (Å²) in [7, 11) is 0.601. The SMILES string of the molecule is [CH2-]CCC1C([Si]c2cc3c(-c4ccccc4-c4c(C)cccc4C)cccc3[cH-]2)=Cc2c(-c3ccccc3-c3c(C)cccc3C)cccc21.[CH3-].[CH3-].[Hf+4]. The van der Waals surface area contributed by atoms with Gasteiger partial charge in [-0.15, -0.1) is 34.2 Å². The Balaban J connectivity index is 0.00000180. The summed E-state index contributed by atoms with van der Waals surface area (Å²) in [5, 5.41) is 5.58. The Morgan fingerprint density at radius 3 is 1.60 bits per heavy atom. The van der Waals surface area contributed by atoms with Crippen LogP contribution in [-0.2, 0) is 25.8 Å². The normalized spacial score (nSPS) is 13.1. The van der Waals surface area contributed by atoms with Crippen molar-refractivity contribution < 1.29 is 25.8 Å². The van der Waals surface area contributed by atoms with Gasteiger partial charge < -0.3 is 21.8 Å². The fourth-order valence-electron chi connectivity index (χ4n) is 8.40. The first-order valence-corrected chi connectivity index (χ1v) is 18.8. The zero-order valence-corrected chi connectivity index (χ0v) is 36.6. The predicted molar refractivity (Wildman–Crippen MR) is 230 cm³/mol. The van der Waals surface area contributed by atoms with Crippen molar-refractivity contribution in [1.82, 2.24) is 0 Å². The van der Waals surface area contributed by atoms with E-state index >= 15 is 0 Å². The molecule has 2 heteroatoms. The second-order valence-electron chi connectivity index (χ2n) is 13.9. The van der Waals surface area contributed by atoms with Gasteiger partial charge in [0.2, 0.25) is 0 Å². The zero-order chi connectivity index (χ0) is 34.4. The Morgan fingerprint density at radius 1 is 0.566 bits per heavy atom. The van der Waals surface area contributed by atoms with Crippen molar-refractivity contribution in [2.45, 2.75) is 46.5 Å². The molecule has 1 aliphatic rings. The van der Waals surface area contributed by atoms with Crippen molar-refractivity contribution in [1.29, 1.82) is 0 Å². The number of hydrogen-bond donors (Lipinski definition) is 0. The van der Waals surface area contributed by atoms with Crippen LogP contribution in [-0.4, -0.2) is 9.52 Å². The predicted octanol–water partition coefficient (Wildman–Crippen LogP) is 13.4. The molecule has 7 aromatic carbocycles. The molecule has 0 spiro atoms. The summed E-state index contributed by atoms with van der Waals surface area (Å²) < 4.78 is 0. The Bertz CT molecular complexity index is 2380. The van der Waals surface area contributed by atoms with E-state index < -0.39 is 0 Å². The maximum absolute atomic E-state index is 4.32. The summed E-state index contributed by atoms with van der Waals surface area (Å²) >= 11 is 0. The maximum atomic E-state index is 4.32. The first kappa shape index (κ1) is 40.0. The van der Waals surface area contributed by atoms with E-state index in [1.165, 1.54) is 99.0 Å². The van der Waals surface area contributed by atoms with E-state index in [1.54, 1.807) is 0 Å². The van der Waals surface area contributed by atoms with Crippen LogP contribution in [0.25, 0.3) is 61.4 Å². The quantitative estimate of drug-likeness (QED) is 0.105.